The fraction of sp³-hybridized carbons (Fsp3) is 1.00. The van der Waals surface area contributed by atoms with E-state index in [-0.39, 0.29) is 12.1 Å². The van der Waals surface area contributed by atoms with Gasteiger partial charge in [-0.3, -0.25) is 11.3 Å². The molecule has 0 bridgehead atoms. The molecule has 4 unspecified atom stereocenters. The zero-order chi connectivity index (χ0) is 12.1. The monoisotopic (exact) mass is 242 g/mol. The number of hydrogen-bond donors (Lipinski definition) is 2. The van der Waals surface area contributed by atoms with Gasteiger partial charge in [0.05, 0.1) is 32.0 Å². The third-order valence-electron chi connectivity index (χ3n) is 4.34. The van der Waals surface area contributed by atoms with Crippen LogP contribution in [0, 0.1) is 11.8 Å². The van der Waals surface area contributed by atoms with Crippen LogP contribution in [0.2, 0.25) is 0 Å². The molecule has 4 heteroatoms. The molecule has 2 rings (SSSR count). The Kier molecular flexibility index (Phi) is 5.22. The Balaban J connectivity index is 1.91. The van der Waals surface area contributed by atoms with E-state index in [2.05, 4.69) is 12.3 Å². The summed E-state index contributed by atoms with van der Waals surface area (Å²) in [7, 11) is 0. The molecule has 4 nitrogen and oxygen atoms in total. The van der Waals surface area contributed by atoms with Crippen molar-refractivity contribution in [2.75, 3.05) is 19.8 Å². The van der Waals surface area contributed by atoms with Crippen LogP contribution in [0.25, 0.3) is 0 Å². The summed E-state index contributed by atoms with van der Waals surface area (Å²) in [4.78, 5) is 0. The van der Waals surface area contributed by atoms with Crippen LogP contribution in [0.4, 0.5) is 0 Å². The molecule has 0 aromatic rings. The quantitative estimate of drug-likeness (QED) is 0.579. The fourth-order valence-corrected chi connectivity index (χ4v) is 3.29. The van der Waals surface area contributed by atoms with Gasteiger partial charge in [-0.2, -0.15) is 0 Å². The number of rotatable bonds is 4. The molecule has 0 aromatic heterocycles. The van der Waals surface area contributed by atoms with Gasteiger partial charge in [-0.25, -0.2) is 0 Å². The largest absolute Gasteiger partial charge is 0.376 e. The van der Waals surface area contributed by atoms with E-state index in [4.69, 9.17) is 15.3 Å². The Hall–Kier alpha value is -0.160. The molecule has 0 spiro atoms. The number of nitrogens with two attached hydrogens (primary N) is 1. The fourth-order valence-electron chi connectivity index (χ4n) is 3.29. The second-order valence-electron chi connectivity index (χ2n) is 5.38. The molecule has 2 fully saturated rings. The van der Waals surface area contributed by atoms with Crippen LogP contribution in [0.15, 0.2) is 0 Å². The Morgan fingerprint density at radius 3 is 2.88 bits per heavy atom. The molecular formula is C13H26N2O2. The summed E-state index contributed by atoms with van der Waals surface area (Å²) in [5, 5.41) is 0. The normalized spacial score (nSPS) is 36.7. The van der Waals surface area contributed by atoms with Gasteiger partial charge in [-0.15, -0.1) is 0 Å². The molecule has 100 valence electrons. The minimum Gasteiger partial charge on any atom is -0.376 e. The highest BCUT2D eigenvalue weighted by Crippen LogP contribution is 2.34. The smallest absolute Gasteiger partial charge is 0.0978 e. The van der Waals surface area contributed by atoms with Gasteiger partial charge in [0.2, 0.25) is 0 Å². The number of hydrazine groups is 1. The van der Waals surface area contributed by atoms with Crippen molar-refractivity contribution in [1.82, 2.24) is 5.43 Å². The van der Waals surface area contributed by atoms with Crippen LogP contribution in [0.5, 0.6) is 0 Å². The van der Waals surface area contributed by atoms with Crippen LogP contribution >= 0.6 is 0 Å². The highest BCUT2D eigenvalue weighted by molar-refractivity contribution is 4.87. The molecule has 2 aliphatic rings. The maximum absolute atomic E-state index is 5.79. The highest BCUT2D eigenvalue weighted by atomic mass is 16.6. The molecule has 0 radical (unpaired) electrons. The third-order valence-corrected chi connectivity index (χ3v) is 4.34. The van der Waals surface area contributed by atoms with E-state index in [1.54, 1.807) is 0 Å². The van der Waals surface area contributed by atoms with Crippen LogP contribution in [-0.2, 0) is 9.47 Å². The van der Waals surface area contributed by atoms with E-state index in [0.717, 1.165) is 12.5 Å². The summed E-state index contributed by atoms with van der Waals surface area (Å²) in [6.07, 6.45) is 6.68. The molecule has 0 aromatic carbocycles. The van der Waals surface area contributed by atoms with E-state index in [1.165, 1.54) is 32.1 Å². The minimum absolute atomic E-state index is 0.134. The predicted molar refractivity (Wildman–Crippen MR) is 67.4 cm³/mol. The molecular weight excluding hydrogens is 216 g/mol. The molecule has 4 atom stereocenters. The van der Waals surface area contributed by atoms with Gasteiger partial charge in [-0.05, 0) is 24.7 Å². The standard InChI is InChI=1S/C13H26N2O2/c1-2-10-4-3-5-11(8-10)13(15-14)12-9-16-6-7-17-12/h10-13,15H,2-9,14H2,1H3. The van der Waals surface area contributed by atoms with Gasteiger partial charge in [0.15, 0.2) is 0 Å². The second-order valence-corrected chi connectivity index (χ2v) is 5.38. The van der Waals surface area contributed by atoms with E-state index in [0.29, 0.717) is 19.1 Å². The Morgan fingerprint density at radius 2 is 2.24 bits per heavy atom. The summed E-state index contributed by atoms with van der Waals surface area (Å²) in [5.41, 5.74) is 2.98. The molecule has 1 aliphatic heterocycles. The van der Waals surface area contributed by atoms with E-state index in [1.807, 2.05) is 0 Å². The summed E-state index contributed by atoms with van der Waals surface area (Å²) in [5.74, 6) is 7.25. The molecule has 3 N–H and O–H groups in total. The zero-order valence-corrected chi connectivity index (χ0v) is 10.9. The Bertz CT molecular complexity index is 219. The lowest BCUT2D eigenvalue weighted by atomic mass is 9.75. The van der Waals surface area contributed by atoms with Crippen molar-refractivity contribution in [2.24, 2.45) is 17.7 Å². The van der Waals surface area contributed by atoms with Gasteiger partial charge in [0.1, 0.15) is 0 Å². The number of ether oxygens (including phenoxy) is 2. The summed E-state index contributed by atoms with van der Waals surface area (Å²) in [6.45, 7) is 4.39. The molecule has 1 saturated heterocycles. The minimum atomic E-state index is 0.134. The van der Waals surface area contributed by atoms with Crippen molar-refractivity contribution in [1.29, 1.82) is 0 Å². The van der Waals surface area contributed by atoms with Gasteiger partial charge < -0.3 is 9.47 Å². The first-order valence-corrected chi connectivity index (χ1v) is 7.00. The molecule has 1 saturated carbocycles. The zero-order valence-electron chi connectivity index (χ0n) is 10.9. The molecule has 0 amide bonds. The molecule has 17 heavy (non-hydrogen) atoms. The maximum atomic E-state index is 5.79. The van der Waals surface area contributed by atoms with Gasteiger partial charge in [0.25, 0.3) is 0 Å². The summed E-state index contributed by atoms with van der Waals surface area (Å²) >= 11 is 0. The summed E-state index contributed by atoms with van der Waals surface area (Å²) < 4.78 is 11.3. The third kappa shape index (κ3) is 3.41. The average molecular weight is 242 g/mol. The first kappa shape index (κ1) is 13.3. The lowest BCUT2D eigenvalue weighted by molar-refractivity contribution is -0.111. The van der Waals surface area contributed by atoms with Crippen molar-refractivity contribution in [3.05, 3.63) is 0 Å². The topological polar surface area (TPSA) is 56.5 Å². The van der Waals surface area contributed by atoms with E-state index >= 15 is 0 Å². The van der Waals surface area contributed by atoms with Crippen LogP contribution in [-0.4, -0.2) is 32.0 Å². The van der Waals surface area contributed by atoms with Crippen molar-refractivity contribution >= 4 is 0 Å². The lowest BCUT2D eigenvalue weighted by Gasteiger charge is -2.39. The van der Waals surface area contributed by atoms with Crippen LogP contribution in [0.1, 0.15) is 39.0 Å². The second kappa shape index (κ2) is 6.69. The van der Waals surface area contributed by atoms with Gasteiger partial charge in [-0.1, -0.05) is 26.2 Å². The SMILES string of the molecule is CCC1CCCC(C(NN)C2COCCO2)C1. The van der Waals surface area contributed by atoms with Gasteiger partial charge >= 0.3 is 0 Å². The van der Waals surface area contributed by atoms with Crippen molar-refractivity contribution in [3.8, 4) is 0 Å². The highest BCUT2D eigenvalue weighted by Gasteiger charge is 2.34. The van der Waals surface area contributed by atoms with Crippen LogP contribution in [0.3, 0.4) is 0 Å². The van der Waals surface area contributed by atoms with Crippen molar-refractivity contribution in [2.45, 2.75) is 51.2 Å². The average Bonchev–Trinajstić information content (AvgIpc) is 2.41. The van der Waals surface area contributed by atoms with Crippen molar-refractivity contribution < 1.29 is 9.47 Å². The Labute approximate surface area is 104 Å². The maximum Gasteiger partial charge on any atom is 0.0978 e. The Morgan fingerprint density at radius 1 is 1.35 bits per heavy atom. The van der Waals surface area contributed by atoms with E-state index < -0.39 is 0 Å². The molecule has 1 aliphatic carbocycles. The number of hydrogen-bond acceptors (Lipinski definition) is 4. The first-order valence-electron chi connectivity index (χ1n) is 7.00. The molecule has 1 heterocycles. The van der Waals surface area contributed by atoms with E-state index in [9.17, 15) is 0 Å². The summed E-state index contributed by atoms with van der Waals surface area (Å²) in [6, 6.07) is 0.254. The first-order chi connectivity index (χ1) is 8.35. The van der Waals surface area contributed by atoms with Crippen LogP contribution < -0.4 is 11.3 Å². The lowest BCUT2D eigenvalue weighted by Crippen LogP contribution is -2.54. The number of nitrogens with one attached hydrogen (secondary N) is 1. The van der Waals surface area contributed by atoms with Crippen molar-refractivity contribution in [3.63, 3.8) is 0 Å². The van der Waals surface area contributed by atoms with Gasteiger partial charge in [0, 0.05) is 0 Å². The predicted octanol–water partition coefficient (Wildman–Crippen LogP) is 1.45.